The molecule has 0 aliphatic rings. The number of aromatic nitrogens is 2. The monoisotopic (exact) mass is 361 g/mol. The van der Waals surface area contributed by atoms with Gasteiger partial charge in [0.1, 0.15) is 22.7 Å². The van der Waals surface area contributed by atoms with Crippen molar-refractivity contribution in [2.45, 2.75) is 13.0 Å². The average molecular weight is 361 g/mol. The summed E-state index contributed by atoms with van der Waals surface area (Å²) >= 11 is 1.65. The molecule has 0 aliphatic carbocycles. The standard InChI is InChI=1S/C21H19N3OS/c1-14(15-8-4-3-5-9-15)24-20-17-12-19(26-21(17)23-13-22-20)16-10-6-7-11-18(16)25-2/h3-14H,1-2H3,(H,22,23,24)/t14-/m0/s1. The van der Waals surface area contributed by atoms with Crippen LogP contribution in [0, 0.1) is 0 Å². The molecule has 0 radical (unpaired) electrons. The molecule has 2 aromatic carbocycles. The maximum absolute atomic E-state index is 5.50. The number of nitrogens with zero attached hydrogens (tertiary/aromatic N) is 2. The van der Waals surface area contributed by atoms with Crippen LogP contribution < -0.4 is 10.1 Å². The number of nitrogens with one attached hydrogen (secondary N) is 1. The van der Waals surface area contributed by atoms with Gasteiger partial charge in [-0.2, -0.15) is 0 Å². The quantitative estimate of drug-likeness (QED) is 0.507. The van der Waals surface area contributed by atoms with Gasteiger partial charge in [-0.05, 0) is 30.7 Å². The summed E-state index contributed by atoms with van der Waals surface area (Å²) in [7, 11) is 1.69. The lowest BCUT2D eigenvalue weighted by Gasteiger charge is -2.15. The zero-order valence-corrected chi connectivity index (χ0v) is 15.5. The Labute approximate surface area is 156 Å². The molecule has 2 heterocycles. The number of hydrogen-bond donors (Lipinski definition) is 1. The zero-order chi connectivity index (χ0) is 17.9. The van der Waals surface area contributed by atoms with Gasteiger partial charge < -0.3 is 10.1 Å². The highest BCUT2D eigenvalue weighted by atomic mass is 32.1. The number of benzene rings is 2. The predicted octanol–water partition coefficient (Wildman–Crippen LogP) is 5.54. The van der Waals surface area contributed by atoms with Crippen molar-refractivity contribution in [1.29, 1.82) is 0 Å². The van der Waals surface area contributed by atoms with E-state index in [-0.39, 0.29) is 6.04 Å². The van der Waals surface area contributed by atoms with Crippen molar-refractivity contribution in [2.24, 2.45) is 0 Å². The number of thiophene rings is 1. The molecule has 0 fully saturated rings. The lowest BCUT2D eigenvalue weighted by Crippen LogP contribution is -2.08. The van der Waals surface area contributed by atoms with Crippen molar-refractivity contribution in [3.63, 3.8) is 0 Å². The summed E-state index contributed by atoms with van der Waals surface area (Å²) in [6.07, 6.45) is 1.62. The van der Waals surface area contributed by atoms with Gasteiger partial charge in [-0.3, -0.25) is 0 Å². The molecule has 4 nitrogen and oxygen atoms in total. The Balaban J connectivity index is 1.72. The fraction of sp³-hybridized carbons (Fsp3) is 0.143. The molecular formula is C21H19N3OS. The molecule has 26 heavy (non-hydrogen) atoms. The first kappa shape index (κ1) is 16.5. The van der Waals surface area contributed by atoms with Gasteiger partial charge in [-0.15, -0.1) is 11.3 Å². The van der Waals surface area contributed by atoms with Crippen LogP contribution in [0.4, 0.5) is 5.82 Å². The first-order valence-corrected chi connectivity index (χ1v) is 9.27. The molecule has 0 saturated heterocycles. The second-order valence-corrected chi connectivity index (χ2v) is 7.06. The van der Waals surface area contributed by atoms with E-state index in [0.29, 0.717) is 0 Å². The Morgan fingerprint density at radius 3 is 2.58 bits per heavy atom. The smallest absolute Gasteiger partial charge is 0.138 e. The molecule has 0 spiro atoms. The van der Waals surface area contributed by atoms with Gasteiger partial charge >= 0.3 is 0 Å². The van der Waals surface area contributed by atoms with E-state index in [4.69, 9.17) is 4.74 Å². The molecule has 4 aromatic rings. The highest BCUT2D eigenvalue weighted by molar-refractivity contribution is 7.22. The summed E-state index contributed by atoms with van der Waals surface area (Å²) in [5.74, 6) is 1.71. The molecule has 5 heteroatoms. The second kappa shape index (κ2) is 7.14. The van der Waals surface area contributed by atoms with Crippen molar-refractivity contribution in [3.8, 4) is 16.2 Å². The van der Waals surface area contributed by atoms with Crippen molar-refractivity contribution in [1.82, 2.24) is 9.97 Å². The first-order valence-electron chi connectivity index (χ1n) is 8.45. The normalized spacial score (nSPS) is 12.1. The molecule has 0 unspecified atom stereocenters. The van der Waals surface area contributed by atoms with Crippen LogP contribution in [0.15, 0.2) is 67.0 Å². The van der Waals surface area contributed by atoms with Crippen LogP contribution in [0.25, 0.3) is 20.7 Å². The summed E-state index contributed by atoms with van der Waals surface area (Å²) < 4.78 is 5.50. The number of anilines is 1. The summed E-state index contributed by atoms with van der Waals surface area (Å²) in [6, 6.07) is 20.7. The van der Waals surface area contributed by atoms with E-state index >= 15 is 0 Å². The summed E-state index contributed by atoms with van der Waals surface area (Å²) in [4.78, 5) is 11.0. The molecule has 0 saturated carbocycles. The number of rotatable bonds is 5. The topological polar surface area (TPSA) is 47.0 Å². The second-order valence-electron chi connectivity index (χ2n) is 6.03. The van der Waals surface area contributed by atoms with Crippen LogP contribution in [0.3, 0.4) is 0 Å². The highest BCUT2D eigenvalue weighted by Crippen LogP contribution is 2.39. The third-order valence-corrected chi connectivity index (χ3v) is 5.43. The highest BCUT2D eigenvalue weighted by Gasteiger charge is 2.14. The Morgan fingerprint density at radius 1 is 1.00 bits per heavy atom. The molecule has 1 N–H and O–H groups in total. The predicted molar refractivity (Wildman–Crippen MR) is 108 cm³/mol. The third kappa shape index (κ3) is 3.13. The molecule has 0 bridgehead atoms. The number of para-hydroxylation sites is 1. The summed E-state index contributed by atoms with van der Waals surface area (Å²) in [5, 5.41) is 4.55. The maximum Gasteiger partial charge on any atom is 0.138 e. The molecular weight excluding hydrogens is 342 g/mol. The molecule has 4 rings (SSSR count). The maximum atomic E-state index is 5.50. The van der Waals surface area contributed by atoms with Crippen LogP contribution in [0.5, 0.6) is 5.75 Å². The van der Waals surface area contributed by atoms with Gasteiger partial charge in [0, 0.05) is 16.5 Å². The summed E-state index contributed by atoms with van der Waals surface area (Å²) in [5.41, 5.74) is 2.29. The van der Waals surface area contributed by atoms with E-state index in [1.54, 1.807) is 24.8 Å². The van der Waals surface area contributed by atoms with Gasteiger partial charge in [-0.1, -0.05) is 42.5 Å². The third-order valence-electron chi connectivity index (χ3n) is 4.35. The van der Waals surface area contributed by atoms with E-state index < -0.39 is 0 Å². The van der Waals surface area contributed by atoms with Crippen molar-refractivity contribution < 1.29 is 4.74 Å². The van der Waals surface area contributed by atoms with Crippen LogP contribution in [-0.4, -0.2) is 17.1 Å². The Hall–Kier alpha value is -2.92. The van der Waals surface area contributed by atoms with E-state index in [1.165, 1.54) is 5.56 Å². The largest absolute Gasteiger partial charge is 0.496 e. The first-order chi connectivity index (χ1) is 12.8. The molecule has 1 atom stereocenters. The molecule has 0 amide bonds. The Kier molecular flexibility index (Phi) is 4.54. The van der Waals surface area contributed by atoms with Gasteiger partial charge in [0.15, 0.2) is 0 Å². The fourth-order valence-electron chi connectivity index (χ4n) is 2.98. The van der Waals surface area contributed by atoms with Crippen LogP contribution >= 0.6 is 11.3 Å². The van der Waals surface area contributed by atoms with Crippen molar-refractivity contribution >= 4 is 27.4 Å². The van der Waals surface area contributed by atoms with E-state index in [0.717, 1.165) is 32.2 Å². The molecule has 0 aliphatic heterocycles. The van der Waals surface area contributed by atoms with Gasteiger partial charge in [0.2, 0.25) is 0 Å². The van der Waals surface area contributed by atoms with E-state index in [9.17, 15) is 0 Å². The number of methoxy groups -OCH3 is 1. The van der Waals surface area contributed by atoms with Crippen LogP contribution in [-0.2, 0) is 0 Å². The van der Waals surface area contributed by atoms with E-state index in [1.807, 2.05) is 36.4 Å². The lowest BCUT2D eigenvalue weighted by atomic mass is 10.1. The Morgan fingerprint density at radius 2 is 1.77 bits per heavy atom. The minimum absolute atomic E-state index is 0.156. The average Bonchev–Trinajstić information content (AvgIpc) is 3.14. The van der Waals surface area contributed by atoms with Crippen LogP contribution in [0.1, 0.15) is 18.5 Å². The van der Waals surface area contributed by atoms with Crippen molar-refractivity contribution in [2.75, 3.05) is 12.4 Å². The minimum Gasteiger partial charge on any atom is -0.496 e. The van der Waals surface area contributed by atoms with Gasteiger partial charge in [-0.25, -0.2) is 9.97 Å². The number of ether oxygens (including phenoxy) is 1. The summed E-state index contributed by atoms with van der Waals surface area (Å²) in [6.45, 7) is 2.14. The zero-order valence-electron chi connectivity index (χ0n) is 14.6. The molecule has 130 valence electrons. The molecule has 2 aromatic heterocycles. The van der Waals surface area contributed by atoms with Crippen LogP contribution in [0.2, 0.25) is 0 Å². The number of fused-ring (bicyclic) bond motifs is 1. The number of hydrogen-bond acceptors (Lipinski definition) is 5. The SMILES string of the molecule is COc1ccccc1-c1cc2c(N[C@@H](C)c3ccccc3)ncnc2s1. The Bertz CT molecular complexity index is 1030. The van der Waals surface area contributed by atoms with Crippen molar-refractivity contribution in [3.05, 3.63) is 72.6 Å². The fourth-order valence-corrected chi connectivity index (χ4v) is 4.01. The van der Waals surface area contributed by atoms with E-state index in [2.05, 4.69) is 46.5 Å². The van der Waals surface area contributed by atoms with Gasteiger partial charge in [0.25, 0.3) is 0 Å². The minimum atomic E-state index is 0.156. The van der Waals surface area contributed by atoms with Gasteiger partial charge in [0.05, 0.1) is 12.5 Å². The lowest BCUT2D eigenvalue weighted by molar-refractivity contribution is 0.416.